The van der Waals surface area contributed by atoms with Gasteiger partial charge in [0.05, 0.1) is 6.61 Å². The second-order valence-electron chi connectivity index (χ2n) is 1.88. The number of rotatable bonds is 2. The topological polar surface area (TPSA) is 21.6 Å². The van der Waals surface area contributed by atoms with Crippen molar-refractivity contribution in [1.82, 2.24) is 0 Å². The number of hydrogen-bond donors (Lipinski definition) is 0. The van der Waals surface area contributed by atoms with Gasteiger partial charge in [0, 0.05) is 6.92 Å². The van der Waals surface area contributed by atoms with Crippen molar-refractivity contribution in [2.45, 2.75) is 20.0 Å². The van der Waals surface area contributed by atoms with Crippen LogP contribution in [0.2, 0.25) is 0 Å². The predicted octanol–water partition coefficient (Wildman–Crippen LogP) is 2.00. The molecule has 0 saturated carbocycles. The number of halogens is 3. The molecule has 0 atom stereocenters. The van der Waals surface area contributed by atoms with Crippen molar-refractivity contribution in [2.75, 3.05) is 13.2 Å². The van der Waals surface area contributed by atoms with E-state index in [2.05, 4.69) is 9.73 Å². The average molecular weight is 169 g/mol. The minimum absolute atomic E-state index is 0.0739. The van der Waals surface area contributed by atoms with Gasteiger partial charge in [0.1, 0.15) is 6.54 Å². The smallest absolute Gasteiger partial charge is 0.408 e. The van der Waals surface area contributed by atoms with Gasteiger partial charge in [-0.1, -0.05) is 0 Å². The molecule has 0 aliphatic heterocycles. The fraction of sp³-hybridized carbons (Fsp3) is 0.833. The number of aliphatic imine (C=N–C) groups is 1. The maximum absolute atomic E-state index is 11.5. The summed E-state index contributed by atoms with van der Waals surface area (Å²) in [7, 11) is 0. The highest BCUT2D eigenvalue weighted by Gasteiger charge is 2.26. The first kappa shape index (κ1) is 10.3. The third kappa shape index (κ3) is 7.15. The lowest BCUT2D eigenvalue weighted by Crippen LogP contribution is -2.14. The van der Waals surface area contributed by atoms with Crippen LogP contribution in [0.25, 0.3) is 0 Å². The van der Waals surface area contributed by atoms with Gasteiger partial charge in [0.2, 0.25) is 0 Å². The molecule has 0 fully saturated rings. The van der Waals surface area contributed by atoms with Gasteiger partial charge in [-0.15, -0.1) is 0 Å². The molecule has 0 heterocycles. The zero-order valence-corrected chi connectivity index (χ0v) is 6.40. The molecule has 0 aliphatic carbocycles. The largest absolute Gasteiger partial charge is 0.481 e. The molecular weight excluding hydrogens is 159 g/mol. The van der Waals surface area contributed by atoms with Crippen LogP contribution >= 0.6 is 0 Å². The van der Waals surface area contributed by atoms with Gasteiger partial charge < -0.3 is 4.74 Å². The Bertz CT molecular complexity index is 141. The van der Waals surface area contributed by atoms with E-state index in [-0.39, 0.29) is 5.90 Å². The van der Waals surface area contributed by atoms with Gasteiger partial charge in [0.15, 0.2) is 5.90 Å². The Morgan fingerprint density at radius 1 is 1.45 bits per heavy atom. The average Bonchev–Trinajstić information content (AvgIpc) is 1.83. The molecule has 66 valence electrons. The number of alkyl halides is 3. The van der Waals surface area contributed by atoms with Crippen molar-refractivity contribution in [3.8, 4) is 0 Å². The van der Waals surface area contributed by atoms with E-state index in [4.69, 9.17) is 0 Å². The lowest BCUT2D eigenvalue weighted by Gasteiger charge is -2.03. The highest BCUT2D eigenvalue weighted by molar-refractivity contribution is 5.73. The maximum atomic E-state index is 11.5. The van der Waals surface area contributed by atoms with Crippen molar-refractivity contribution in [3.05, 3.63) is 0 Å². The van der Waals surface area contributed by atoms with E-state index in [1.165, 1.54) is 6.92 Å². The highest BCUT2D eigenvalue weighted by Crippen LogP contribution is 2.14. The lowest BCUT2D eigenvalue weighted by atomic mass is 10.6. The summed E-state index contributed by atoms with van der Waals surface area (Å²) in [5.41, 5.74) is 0. The Hall–Kier alpha value is -0.740. The summed E-state index contributed by atoms with van der Waals surface area (Å²) in [6, 6.07) is 0. The molecule has 5 heteroatoms. The van der Waals surface area contributed by atoms with Crippen LogP contribution in [0.15, 0.2) is 4.99 Å². The number of ether oxygens (including phenoxy) is 1. The summed E-state index contributed by atoms with van der Waals surface area (Å²) in [4.78, 5) is 3.15. The van der Waals surface area contributed by atoms with Crippen molar-refractivity contribution in [1.29, 1.82) is 0 Å². The fourth-order valence-corrected chi connectivity index (χ4v) is 0.456. The van der Waals surface area contributed by atoms with Crippen molar-refractivity contribution < 1.29 is 17.9 Å². The van der Waals surface area contributed by atoms with E-state index in [9.17, 15) is 13.2 Å². The van der Waals surface area contributed by atoms with Crippen LogP contribution in [0.3, 0.4) is 0 Å². The number of hydrogen-bond acceptors (Lipinski definition) is 2. The van der Waals surface area contributed by atoms with Crippen LogP contribution in [-0.4, -0.2) is 25.2 Å². The molecule has 0 unspecified atom stereocenters. The van der Waals surface area contributed by atoms with Gasteiger partial charge in [-0.2, -0.15) is 13.2 Å². The predicted molar refractivity (Wildman–Crippen MR) is 35.7 cm³/mol. The fourth-order valence-electron chi connectivity index (χ4n) is 0.456. The molecule has 2 nitrogen and oxygen atoms in total. The molecule has 0 radical (unpaired) electrons. The molecule has 0 aliphatic rings. The zero-order chi connectivity index (χ0) is 8.91. The molecule has 0 amide bonds. The number of nitrogens with zero attached hydrogens (tertiary/aromatic N) is 1. The van der Waals surface area contributed by atoms with Crippen molar-refractivity contribution in [3.63, 3.8) is 0 Å². The SMILES string of the molecule is CCOC(C)=NCC(F)(F)F. The molecule has 0 bridgehead atoms. The van der Waals surface area contributed by atoms with Crippen LogP contribution in [0.4, 0.5) is 13.2 Å². The molecular formula is C6H10F3NO. The van der Waals surface area contributed by atoms with E-state index in [1.54, 1.807) is 6.92 Å². The minimum Gasteiger partial charge on any atom is -0.481 e. The molecule has 0 N–H and O–H groups in total. The van der Waals surface area contributed by atoms with Crippen LogP contribution in [-0.2, 0) is 4.74 Å². The van der Waals surface area contributed by atoms with Crippen LogP contribution in [0, 0.1) is 0 Å². The van der Waals surface area contributed by atoms with Crippen LogP contribution < -0.4 is 0 Å². The first-order chi connectivity index (χ1) is 4.95. The van der Waals surface area contributed by atoms with Gasteiger partial charge >= 0.3 is 6.18 Å². The van der Waals surface area contributed by atoms with E-state index in [1.807, 2.05) is 0 Å². The van der Waals surface area contributed by atoms with Gasteiger partial charge in [0.25, 0.3) is 0 Å². The first-order valence-electron chi connectivity index (χ1n) is 3.16. The third-order valence-corrected chi connectivity index (χ3v) is 0.834. The van der Waals surface area contributed by atoms with Crippen molar-refractivity contribution in [2.24, 2.45) is 4.99 Å². The maximum Gasteiger partial charge on any atom is 0.408 e. The second kappa shape index (κ2) is 4.20. The summed E-state index contributed by atoms with van der Waals surface area (Å²) in [6.07, 6.45) is -4.24. The Labute approximate surface area is 63.1 Å². The van der Waals surface area contributed by atoms with Crippen LogP contribution in [0.5, 0.6) is 0 Å². The third-order valence-electron chi connectivity index (χ3n) is 0.834. The van der Waals surface area contributed by atoms with Crippen LogP contribution in [0.1, 0.15) is 13.8 Å². The summed E-state index contributed by atoms with van der Waals surface area (Å²) < 4.78 is 39.2. The monoisotopic (exact) mass is 169 g/mol. The van der Waals surface area contributed by atoms with Gasteiger partial charge in [-0.3, -0.25) is 0 Å². The molecule has 0 saturated heterocycles. The summed E-state index contributed by atoms with van der Waals surface area (Å²) in [5, 5.41) is 0. The van der Waals surface area contributed by atoms with Gasteiger partial charge in [-0.25, -0.2) is 4.99 Å². The zero-order valence-electron chi connectivity index (χ0n) is 6.40. The summed E-state index contributed by atoms with van der Waals surface area (Å²) >= 11 is 0. The summed E-state index contributed by atoms with van der Waals surface area (Å²) in [6.45, 7) is 2.26. The van der Waals surface area contributed by atoms with E-state index >= 15 is 0 Å². The van der Waals surface area contributed by atoms with E-state index in [0.29, 0.717) is 6.61 Å². The highest BCUT2D eigenvalue weighted by atomic mass is 19.4. The lowest BCUT2D eigenvalue weighted by molar-refractivity contribution is -0.118. The second-order valence-corrected chi connectivity index (χ2v) is 1.88. The normalized spacial score (nSPS) is 13.4. The van der Waals surface area contributed by atoms with Crippen molar-refractivity contribution >= 4 is 5.90 Å². The molecule has 0 aromatic carbocycles. The minimum atomic E-state index is -4.24. The molecule has 11 heavy (non-hydrogen) atoms. The molecule has 0 spiro atoms. The quantitative estimate of drug-likeness (QED) is 0.457. The molecule has 0 aromatic rings. The molecule has 0 aromatic heterocycles. The summed E-state index contributed by atoms with van der Waals surface area (Å²) in [5.74, 6) is 0.0739. The molecule has 0 rings (SSSR count). The Morgan fingerprint density at radius 2 is 2.00 bits per heavy atom. The Morgan fingerprint density at radius 3 is 2.36 bits per heavy atom. The van der Waals surface area contributed by atoms with Gasteiger partial charge in [-0.05, 0) is 6.92 Å². The Balaban J connectivity index is 3.73. The first-order valence-corrected chi connectivity index (χ1v) is 3.16. The van der Waals surface area contributed by atoms with E-state index < -0.39 is 12.7 Å². The van der Waals surface area contributed by atoms with E-state index in [0.717, 1.165) is 0 Å². The Kier molecular flexibility index (Phi) is 3.92. The standard InChI is InChI=1S/C6H10F3NO/c1-3-11-5(2)10-4-6(7,8)9/h3-4H2,1-2H3.